The van der Waals surface area contributed by atoms with Gasteiger partial charge < -0.3 is 4.57 Å². The quantitative estimate of drug-likeness (QED) is 0.484. The molecule has 132 valence electrons. The van der Waals surface area contributed by atoms with Gasteiger partial charge in [-0.2, -0.15) is 4.99 Å². The molecule has 0 aliphatic heterocycles. The monoisotopic (exact) mass is 388 g/mol. The van der Waals surface area contributed by atoms with E-state index in [1.807, 2.05) is 30.3 Å². The van der Waals surface area contributed by atoms with E-state index in [0.29, 0.717) is 10.5 Å². The topological polar surface area (TPSA) is 34.4 Å². The fourth-order valence-electron chi connectivity index (χ4n) is 2.39. The highest BCUT2D eigenvalue weighted by atomic mass is 32.2. The standard InChI is InChI=1S/C19H14F2N2OS2/c1-2-9-23-18-15(21)11-13(20)12-16(18)26-19(23)22-17(24)8-10-25-14-6-4-3-5-7-14/h1,3-7,11-12H,8-10H2. The van der Waals surface area contributed by atoms with E-state index in [9.17, 15) is 13.6 Å². The van der Waals surface area contributed by atoms with Crippen molar-refractivity contribution in [1.82, 2.24) is 4.57 Å². The number of hydrogen-bond donors (Lipinski definition) is 0. The zero-order valence-corrected chi connectivity index (χ0v) is 15.2. The molecule has 0 bridgehead atoms. The summed E-state index contributed by atoms with van der Waals surface area (Å²) in [6.07, 6.45) is 5.58. The second-order valence-electron chi connectivity index (χ2n) is 5.33. The van der Waals surface area contributed by atoms with Crippen LogP contribution >= 0.6 is 23.1 Å². The average Bonchev–Trinajstić information content (AvgIpc) is 2.93. The molecule has 2 aromatic carbocycles. The van der Waals surface area contributed by atoms with Crippen LogP contribution in [0, 0.1) is 24.0 Å². The van der Waals surface area contributed by atoms with Crippen LogP contribution in [-0.4, -0.2) is 16.2 Å². The van der Waals surface area contributed by atoms with E-state index in [1.165, 1.54) is 10.6 Å². The highest BCUT2D eigenvalue weighted by Crippen LogP contribution is 2.22. The molecule has 26 heavy (non-hydrogen) atoms. The minimum atomic E-state index is -0.722. The number of fused-ring (bicyclic) bond motifs is 1. The van der Waals surface area contributed by atoms with Gasteiger partial charge in [-0.15, -0.1) is 18.2 Å². The number of halogens is 2. The summed E-state index contributed by atoms with van der Waals surface area (Å²) in [5.74, 6) is 1.27. The average molecular weight is 388 g/mol. The van der Waals surface area contributed by atoms with Gasteiger partial charge in [0.1, 0.15) is 5.82 Å². The Morgan fingerprint density at radius 1 is 1.27 bits per heavy atom. The van der Waals surface area contributed by atoms with E-state index in [1.54, 1.807) is 11.8 Å². The molecule has 1 amide bonds. The zero-order chi connectivity index (χ0) is 18.5. The number of amides is 1. The van der Waals surface area contributed by atoms with E-state index < -0.39 is 11.6 Å². The van der Waals surface area contributed by atoms with Gasteiger partial charge in [-0.3, -0.25) is 4.79 Å². The lowest BCUT2D eigenvalue weighted by molar-refractivity contribution is -0.117. The van der Waals surface area contributed by atoms with Crippen molar-refractivity contribution in [3.05, 3.63) is 58.9 Å². The van der Waals surface area contributed by atoms with Crippen molar-refractivity contribution >= 4 is 39.2 Å². The molecular formula is C19H14F2N2OS2. The molecule has 0 spiro atoms. The molecule has 0 N–H and O–H groups in total. The van der Waals surface area contributed by atoms with Crippen LogP contribution in [0.25, 0.3) is 10.2 Å². The van der Waals surface area contributed by atoms with Gasteiger partial charge in [0.05, 0.1) is 16.8 Å². The van der Waals surface area contributed by atoms with Gasteiger partial charge in [0, 0.05) is 23.1 Å². The third-order valence-electron chi connectivity index (χ3n) is 3.49. The molecule has 0 aliphatic rings. The van der Waals surface area contributed by atoms with Crippen LogP contribution < -0.4 is 4.80 Å². The van der Waals surface area contributed by atoms with E-state index in [-0.39, 0.29) is 29.2 Å². The summed E-state index contributed by atoms with van der Waals surface area (Å²) in [5, 5.41) is 0. The first-order valence-electron chi connectivity index (χ1n) is 7.75. The lowest BCUT2D eigenvalue weighted by Crippen LogP contribution is -2.17. The number of nitrogens with zero attached hydrogens (tertiary/aromatic N) is 2. The number of benzene rings is 2. The van der Waals surface area contributed by atoms with Gasteiger partial charge in [-0.05, 0) is 18.2 Å². The highest BCUT2D eigenvalue weighted by molar-refractivity contribution is 7.99. The Morgan fingerprint density at radius 3 is 2.77 bits per heavy atom. The second kappa shape index (κ2) is 8.30. The molecule has 0 radical (unpaired) electrons. The van der Waals surface area contributed by atoms with Crippen molar-refractivity contribution in [3.8, 4) is 12.3 Å². The van der Waals surface area contributed by atoms with Gasteiger partial charge >= 0.3 is 0 Å². The number of terminal acetylenes is 1. The third-order valence-corrected chi connectivity index (χ3v) is 5.53. The molecule has 0 atom stereocenters. The molecule has 0 fully saturated rings. The molecule has 0 aliphatic carbocycles. The Hall–Kier alpha value is -2.43. The summed E-state index contributed by atoms with van der Waals surface area (Å²) < 4.78 is 29.3. The zero-order valence-electron chi connectivity index (χ0n) is 13.6. The molecule has 1 aromatic heterocycles. The summed E-state index contributed by atoms with van der Waals surface area (Å²) in [4.78, 5) is 17.6. The fourth-order valence-corrected chi connectivity index (χ4v) is 4.34. The maximum absolute atomic E-state index is 14.1. The molecule has 3 nitrogen and oxygen atoms in total. The largest absolute Gasteiger partial charge is 0.302 e. The van der Waals surface area contributed by atoms with Gasteiger partial charge in [0.15, 0.2) is 10.6 Å². The Labute approximate surface area is 157 Å². The molecule has 7 heteroatoms. The van der Waals surface area contributed by atoms with E-state index in [4.69, 9.17) is 6.42 Å². The molecule has 1 heterocycles. The van der Waals surface area contributed by atoms with Crippen LogP contribution in [0.15, 0.2) is 52.4 Å². The molecule has 0 unspecified atom stereocenters. The first-order chi connectivity index (χ1) is 12.6. The van der Waals surface area contributed by atoms with Crippen molar-refractivity contribution in [3.63, 3.8) is 0 Å². The van der Waals surface area contributed by atoms with Crippen LogP contribution in [0.1, 0.15) is 6.42 Å². The number of aromatic nitrogens is 1. The minimum Gasteiger partial charge on any atom is -0.302 e. The van der Waals surface area contributed by atoms with Crippen LogP contribution in [0.5, 0.6) is 0 Å². The molecule has 0 saturated heterocycles. The predicted octanol–water partition coefficient (Wildman–Crippen LogP) is 4.22. The Kier molecular flexibility index (Phi) is 5.86. The molecule has 0 saturated carbocycles. The van der Waals surface area contributed by atoms with Crippen LogP contribution in [0.4, 0.5) is 8.78 Å². The third kappa shape index (κ3) is 4.21. The lowest BCUT2D eigenvalue weighted by atomic mass is 10.3. The van der Waals surface area contributed by atoms with Crippen molar-refractivity contribution in [2.45, 2.75) is 17.9 Å². The van der Waals surface area contributed by atoms with Crippen LogP contribution in [0.3, 0.4) is 0 Å². The summed E-state index contributed by atoms with van der Waals surface area (Å²) in [6, 6.07) is 11.7. The maximum Gasteiger partial charge on any atom is 0.249 e. The Balaban J connectivity index is 1.84. The summed E-state index contributed by atoms with van der Waals surface area (Å²) in [7, 11) is 0. The Bertz CT molecular complexity index is 1050. The van der Waals surface area contributed by atoms with Gasteiger partial charge in [-0.1, -0.05) is 35.5 Å². The van der Waals surface area contributed by atoms with Gasteiger partial charge in [0.25, 0.3) is 0 Å². The first-order valence-corrected chi connectivity index (χ1v) is 9.56. The minimum absolute atomic E-state index is 0.0490. The van der Waals surface area contributed by atoms with Crippen LogP contribution in [0.2, 0.25) is 0 Å². The molecule has 3 aromatic rings. The highest BCUT2D eigenvalue weighted by Gasteiger charge is 2.13. The first kappa shape index (κ1) is 18.4. The maximum atomic E-state index is 14.1. The van der Waals surface area contributed by atoms with Gasteiger partial charge in [0.2, 0.25) is 5.91 Å². The predicted molar refractivity (Wildman–Crippen MR) is 101 cm³/mol. The van der Waals surface area contributed by atoms with E-state index in [0.717, 1.165) is 22.3 Å². The SMILES string of the molecule is C#CCn1c(=NC(=O)CCSc2ccccc2)sc2cc(F)cc(F)c21. The summed E-state index contributed by atoms with van der Waals surface area (Å²) in [5.41, 5.74) is 0.166. The number of thiazole rings is 1. The summed E-state index contributed by atoms with van der Waals surface area (Å²) in [6.45, 7) is 0.0490. The van der Waals surface area contributed by atoms with Crippen molar-refractivity contribution in [2.75, 3.05) is 5.75 Å². The molecular weight excluding hydrogens is 374 g/mol. The van der Waals surface area contributed by atoms with Crippen LogP contribution in [-0.2, 0) is 11.3 Å². The van der Waals surface area contributed by atoms with Gasteiger partial charge in [-0.25, -0.2) is 8.78 Å². The smallest absolute Gasteiger partial charge is 0.249 e. The van der Waals surface area contributed by atoms with E-state index >= 15 is 0 Å². The van der Waals surface area contributed by atoms with Crippen molar-refractivity contribution in [2.24, 2.45) is 4.99 Å². The second-order valence-corrected chi connectivity index (χ2v) is 7.50. The number of thioether (sulfide) groups is 1. The van der Waals surface area contributed by atoms with E-state index in [2.05, 4.69) is 10.9 Å². The van der Waals surface area contributed by atoms with Crippen molar-refractivity contribution < 1.29 is 13.6 Å². The number of rotatable bonds is 5. The number of hydrogen-bond acceptors (Lipinski definition) is 3. The normalized spacial score (nSPS) is 11.7. The molecule has 3 rings (SSSR count). The Morgan fingerprint density at radius 2 is 2.04 bits per heavy atom. The number of carbonyl (C=O) groups is 1. The summed E-state index contributed by atoms with van der Waals surface area (Å²) >= 11 is 2.60. The fraction of sp³-hybridized carbons (Fsp3) is 0.158. The number of carbonyl (C=O) groups excluding carboxylic acids is 1. The van der Waals surface area contributed by atoms with Crippen molar-refractivity contribution in [1.29, 1.82) is 0 Å². The lowest BCUT2D eigenvalue weighted by Gasteiger charge is -2.01.